The molecule has 0 aromatic heterocycles. The lowest BCUT2D eigenvalue weighted by molar-refractivity contribution is 0.160. The maximum atomic E-state index is 6.14. The third-order valence-electron chi connectivity index (χ3n) is 5.06. The molecule has 1 rings (SSSR count). The van der Waals surface area contributed by atoms with E-state index in [0.29, 0.717) is 0 Å². The van der Waals surface area contributed by atoms with Crippen LogP contribution in [-0.2, 0) is 0 Å². The van der Waals surface area contributed by atoms with Crippen molar-refractivity contribution in [2.75, 3.05) is 13.1 Å². The van der Waals surface area contributed by atoms with E-state index >= 15 is 0 Å². The summed E-state index contributed by atoms with van der Waals surface area (Å²) >= 11 is 0. The van der Waals surface area contributed by atoms with Crippen LogP contribution >= 0.6 is 0 Å². The largest absolute Gasteiger partial charge is 0.329 e. The van der Waals surface area contributed by atoms with Gasteiger partial charge in [-0.1, -0.05) is 53.4 Å². The van der Waals surface area contributed by atoms with Gasteiger partial charge in [-0.15, -0.1) is 0 Å². The van der Waals surface area contributed by atoms with Gasteiger partial charge < -0.3 is 11.1 Å². The summed E-state index contributed by atoms with van der Waals surface area (Å²) in [4.78, 5) is 0. The molecule has 19 heavy (non-hydrogen) atoms. The van der Waals surface area contributed by atoms with E-state index in [1.807, 2.05) is 0 Å². The Hall–Kier alpha value is -0.0800. The van der Waals surface area contributed by atoms with Gasteiger partial charge in [0.05, 0.1) is 0 Å². The second-order valence-corrected chi connectivity index (χ2v) is 7.14. The van der Waals surface area contributed by atoms with Crippen LogP contribution in [0.25, 0.3) is 0 Å². The van der Waals surface area contributed by atoms with Gasteiger partial charge in [-0.05, 0) is 43.6 Å². The number of nitrogens with one attached hydrogen (secondary N) is 1. The Morgan fingerprint density at radius 1 is 1.26 bits per heavy atom. The Bertz CT molecular complexity index is 235. The van der Waals surface area contributed by atoms with E-state index in [0.717, 1.165) is 30.8 Å². The van der Waals surface area contributed by atoms with Crippen LogP contribution in [0.3, 0.4) is 0 Å². The summed E-state index contributed by atoms with van der Waals surface area (Å²) in [6.45, 7) is 11.2. The summed E-state index contributed by atoms with van der Waals surface area (Å²) in [7, 11) is 0. The molecule has 0 aromatic rings. The molecule has 2 unspecified atom stereocenters. The number of nitrogens with two attached hydrogens (primary N) is 1. The zero-order valence-corrected chi connectivity index (χ0v) is 13.7. The molecule has 1 fully saturated rings. The van der Waals surface area contributed by atoms with Crippen LogP contribution in [0.5, 0.6) is 0 Å². The predicted molar refractivity (Wildman–Crippen MR) is 85.3 cm³/mol. The summed E-state index contributed by atoms with van der Waals surface area (Å²) in [6.07, 6.45) is 9.25. The Kier molecular flexibility index (Phi) is 7.38. The average Bonchev–Trinajstić information content (AvgIpc) is 2.39. The first-order valence-corrected chi connectivity index (χ1v) is 8.50. The molecule has 0 aliphatic heterocycles. The van der Waals surface area contributed by atoms with Gasteiger partial charge in [0.15, 0.2) is 0 Å². The second kappa shape index (κ2) is 8.26. The average molecular weight is 268 g/mol. The lowest BCUT2D eigenvalue weighted by Crippen LogP contribution is -2.55. The highest BCUT2D eigenvalue weighted by Crippen LogP contribution is 2.35. The second-order valence-electron chi connectivity index (χ2n) is 7.14. The highest BCUT2D eigenvalue weighted by Gasteiger charge is 2.35. The Labute approximate surface area is 120 Å². The molecular weight excluding hydrogens is 232 g/mol. The Morgan fingerprint density at radius 3 is 2.47 bits per heavy atom. The van der Waals surface area contributed by atoms with Crippen molar-refractivity contribution < 1.29 is 0 Å². The maximum absolute atomic E-state index is 6.14. The van der Waals surface area contributed by atoms with Gasteiger partial charge in [0, 0.05) is 12.1 Å². The first kappa shape index (κ1) is 17.0. The van der Waals surface area contributed by atoms with Crippen molar-refractivity contribution in [3.05, 3.63) is 0 Å². The van der Waals surface area contributed by atoms with E-state index in [1.165, 1.54) is 44.9 Å². The van der Waals surface area contributed by atoms with Gasteiger partial charge in [-0.25, -0.2) is 0 Å². The summed E-state index contributed by atoms with van der Waals surface area (Å²) < 4.78 is 0. The Morgan fingerprint density at radius 2 is 1.95 bits per heavy atom. The smallest absolute Gasteiger partial charge is 0.0306 e. The van der Waals surface area contributed by atoms with E-state index in [4.69, 9.17) is 5.73 Å². The van der Waals surface area contributed by atoms with Crippen LogP contribution in [0.4, 0.5) is 0 Å². The molecule has 1 aliphatic rings. The fourth-order valence-corrected chi connectivity index (χ4v) is 3.71. The molecular formula is C17H36N2. The minimum atomic E-state index is 0.237. The van der Waals surface area contributed by atoms with Crippen molar-refractivity contribution in [2.45, 2.75) is 78.2 Å². The molecule has 3 N–H and O–H groups in total. The molecule has 0 aromatic carbocycles. The molecule has 0 heterocycles. The minimum Gasteiger partial charge on any atom is -0.329 e. The quantitative estimate of drug-likeness (QED) is 0.699. The van der Waals surface area contributed by atoms with Gasteiger partial charge in [0.1, 0.15) is 0 Å². The standard InChI is InChI=1S/C17H36N2/c1-5-15(6-2)12-19-17(13-18)9-7-8-16(11-17)10-14(3)4/h14-16,19H,5-13,18H2,1-4H3. The van der Waals surface area contributed by atoms with Crippen LogP contribution in [0, 0.1) is 17.8 Å². The molecule has 1 aliphatic carbocycles. The van der Waals surface area contributed by atoms with E-state index < -0.39 is 0 Å². The first-order chi connectivity index (χ1) is 9.05. The molecule has 0 radical (unpaired) electrons. The zero-order valence-electron chi connectivity index (χ0n) is 13.7. The molecule has 0 amide bonds. The molecule has 2 heteroatoms. The normalized spacial score (nSPS) is 28.3. The third kappa shape index (κ3) is 5.43. The summed E-state index contributed by atoms with van der Waals surface area (Å²) in [5, 5.41) is 3.86. The van der Waals surface area contributed by atoms with Gasteiger partial charge in [-0.2, -0.15) is 0 Å². The van der Waals surface area contributed by atoms with Crippen LogP contribution in [0.15, 0.2) is 0 Å². The lowest BCUT2D eigenvalue weighted by Gasteiger charge is -2.42. The van der Waals surface area contributed by atoms with Crippen LogP contribution in [-0.4, -0.2) is 18.6 Å². The van der Waals surface area contributed by atoms with Crippen molar-refractivity contribution in [3.8, 4) is 0 Å². The lowest BCUT2D eigenvalue weighted by atomic mass is 9.73. The van der Waals surface area contributed by atoms with Gasteiger partial charge in [-0.3, -0.25) is 0 Å². The summed E-state index contributed by atoms with van der Waals surface area (Å²) in [5.74, 6) is 2.51. The van der Waals surface area contributed by atoms with Crippen molar-refractivity contribution in [3.63, 3.8) is 0 Å². The Balaban J connectivity index is 2.53. The number of hydrogen-bond donors (Lipinski definition) is 2. The van der Waals surface area contributed by atoms with E-state index in [-0.39, 0.29) is 5.54 Å². The molecule has 0 bridgehead atoms. The minimum absolute atomic E-state index is 0.237. The topological polar surface area (TPSA) is 38.0 Å². The van der Waals surface area contributed by atoms with E-state index in [2.05, 4.69) is 33.0 Å². The van der Waals surface area contributed by atoms with Crippen LogP contribution < -0.4 is 11.1 Å². The highest BCUT2D eigenvalue weighted by atomic mass is 15.0. The SMILES string of the molecule is CCC(CC)CNC1(CN)CCCC(CC(C)C)C1. The van der Waals surface area contributed by atoms with Crippen molar-refractivity contribution in [2.24, 2.45) is 23.5 Å². The molecule has 114 valence electrons. The van der Waals surface area contributed by atoms with Crippen LogP contribution in [0.2, 0.25) is 0 Å². The number of hydrogen-bond acceptors (Lipinski definition) is 2. The predicted octanol–water partition coefficient (Wildman–Crippen LogP) is 3.95. The van der Waals surface area contributed by atoms with Crippen molar-refractivity contribution in [1.29, 1.82) is 0 Å². The third-order valence-corrected chi connectivity index (χ3v) is 5.06. The molecule has 0 saturated heterocycles. The zero-order chi connectivity index (χ0) is 14.3. The van der Waals surface area contributed by atoms with E-state index in [9.17, 15) is 0 Å². The van der Waals surface area contributed by atoms with Gasteiger partial charge >= 0.3 is 0 Å². The first-order valence-electron chi connectivity index (χ1n) is 8.50. The fraction of sp³-hybridized carbons (Fsp3) is 1.00. The van der Waals surface area contributed by atoms with Crippen molar-refractivity contribution >= 4 is 0 Å². The van der Waals surface area contributed by atoms with Gasteiger partial charge in [0.2, 0.25) is 0 Å². The monoisotopic (exact) mass is 268 g/mol. The molecule has 1 saturated carbocycles. The number of rotatable bonds is 8. The molecule has 2 atom stereocenters. The van der Waals surface area contributed by atoms with Gasteiger partial charge in [0.25, 0.3) is 0 Å². The molecule has 2 nitrogen and oxygen atoms in total. The van der Waals surface area contributed by atoms with Crippen LogP contribution in [0.1, 0.15) is 72.6 Å². The summed E-state index contributed by atoms with van der Waals surface area (Å²) in [5.41, 5.74) is 6.37. The maximum Gasteiger partial charge on any atom is 0.0306 e. The molecule has 0 spiro atoms. The summed E-state index contributed by atoms with van der Waals surface area (Å²) in [6, 6.07) is 0. The van der Waals surface area contributed by atoms with E-state index in [1.54, 1.807) is 0 Å². The van der Waals surface area contributed by atoms with Crippen molar-refractivity contribution in [1.82, 2.24) is 5.32 Å². The highest BCUT2D eigenvalue weighted by molar-refractivity contribution is 4.95. The fourth-order valence-electron chi connectivity index (χ4n) is 3.71.